The van der Waals surface area contributed by atoms with Gasteiger partial charge in [-0.3, -0.25) is 10.1 Å². The highest BCUT2D eigenvalue weighted by Gasteiger charge is 2.28. The maximum absolute atomic E-state index is 13.0. The lowest BCUT2D eigenvalue weighted by atomic mass is 9.92. The molecule has 3 fully saturated rings. The van der Waals surface area contributed by atoms with Gasteiger partial charge in [-0.25, -0.2) is 9.78 Å². The molecule has 2 saturated carbocycles. The number of ether oxygens (including phenoxy) is 3. The molecule has 2 aliphatic carbocycles. The lowest BCUT2D eigenvalue weighted by Crippen LogP contribution is -2.42. The fourth-order valence-electron chi connectivity index (χ4n) is 6.80. The molecule has 0 spiro atoms. The number of benzene rings is 1. The third kappa shape index (κ3) is 6.88. The van der Waals surface area contributed by atoms with Gasteiger partial charge >= 0.3 is 6.09 Å². The van der Waals surface area contributed by atoms with Crippen LogP contribution in [0.5, 0.6) is 11.5 Å². The number of nitrogens with one attached hydrogen (secondary N) is 2. The molecule has 1 aromatic carbocycles. The van der Waals surface area contributed by atoms with Crippen molar-refractivity contribution < 1.29 is 23.9 Å². The van der Waals surface area contributed by atoms with Crippen LogP contribution in [0.1, 0.15) is 75.8 Å². The van der Waals surface area contributed by atoms with Crippen LogP contribution in [0.2, 0.25) is 0 Å². The predicted molar refractivity (Wildman–Crippen MR) is 171 cm³/mol. The minimum absolute atomic E-state index is 0.0613. The smallest absolute Gasteiger partial charge is 0.410 e. The Bertz CT molecular complexity index is 1540. The molecule has 3 heterocycles. The Morgan fingerprint density at radius 1 is 0.978 bits per heavy atom. The third-order valence-electron chi connectivity index (χ3n) is 9.47. The SMILES string of the molecule is COc1cc(COC(=O)N2CCC(Nc3nc(NC4CCC(N)CC4)nc4c3ncn4C3CCCC3)CC2)c([N+](=O)[O-])cc1OC. The number of hydrogen-bond acceptors (Lipinski definition) is 12. The van der Waals surface area contributed by atoms with Crippen molar-refractivity contribution >= 4 is 34.7 Å². The Morgan fingerprint density at radius 2 is 1.65 bits per heavy atom. The van der Waals surface area contributed by atoms with E-state index in [0.717, 1.165) is 49.7 Å². The molecule has 0 atom stereocenters. The molecule has 15 heteroatoms. The minimum Gasteiger partial charge on any atom is -0.493 e. The number of nitrogens with two attached hydrogens (primary N) is 1. The van der Waals surface area contributed by atoms with E-state index in [1.54, 1.807) is 4.90 Å². The van der Waals surface area contributed by atoms with Crippen LogP contribution in [0.3, 0.4) is 0 Å². The van der Waals surface area contributed by atoms with Gasteiger partial charge in [-0.1, -0.05) is 12.8 Å². The van der Waals surface area contributed by atoms with Gasteiger partial charge in [-0.05, 0) is 57.4 Å². The Hall–Kier alpha value is -4.40. The van der Waals surface area contributed by atoms with E-state index in [1.165, 1.54) is 39.2 Å². The maximum Gasteiger partial charge on any atom is 0.410 e. The number of nitro benzene ring substituents is 1. The molecule has 3 aromatic rings. The molecule has 3 aliphatic rings. The lowest BCUT2D eigenvalue weighted by Gasteiger charge is -2.32. The van der Waals surface area contributed by atoms with Gasteiger partial charge in [-0.2, -0.15) is 9.97 Å². The van der Waals surface area contributed by atoms with E-state index in [4.69, 9.17) is 34.9 Å². The number of hydrogen-bond donors (Lipinski definition) is 3. The molecule has 2 aromatic heterocycles. The Balaban J connectivity index is 1.11. The lowest BCUT2D eigenvalue weighted by molar-refractivity contribution is -0.385. The fourth-order valence-corrected chi connectivity index (χ4v) is 6.80. The van der Waals surface area contributed by atoms with Crippen molar-refractivity contribution in [2.45, 2.75) is 95.0 Å². The standard InChI is InChI=1S/C31H43N9O6/c1-44-25-15-19(24(40(42)43)16-26(25)45-2)17-46-31(41)38-13-11-22(12-14-38)34-28-27-29(39(18-33-27)23-5-3-4-6-23)37-30(36-28)35-21-9-7-20(32)8-10-21/h15-16,18,20-23H,3-14,17,32H2,1-2H3,(H2,34,35,36,37). The van der Waals surface area contributed by atoms with E-state index in [9.17, 15) is 14.9 Å². The van der Waals surface area contributed by atoms with Crippen LogP contribution in [0.15, 0.2) is 18.5 Å². The number of anilines is 2. The summed E-state index contributed by atoms with van der Waals surface area (Å²) >= 11 is 0. The summed E-state index contributed by atoms with van der Waals surface area (Å²) in [5, 5.41) is 18.8. The largest absolute Gasteiger partial charge is 0.493 e. The van der Waals surface area contributed by atoms with E-state index in [0.29, 0.717) is 49.5 Å². The topological polar surface area (TPSA) is 185 Å². The molecule has 1 amide bonds. The van der Waals surface area contributed by atoms with Crippen molar-refractivity contribution in [1.82, 2.24) is 24.4 Å². The summed E-state index contributed by atoms with van der Waals surface area (Å²) in [4.78, 5) is 40.3. The van der Waals surface area contributed by atoms with Crippen molar-refractivity contribution in [3.8, 4) is 11.5 Å². The second kappa shape index (κ2) is 13.9. The predicted octanol–water partition coefficient (Wildman–Crippen LogP) is 4.76. The van der Waals surface area contributed by atoms with Crippen molar-refractivity contribution in [2.75, 3.05) is 37.9 Å². The van der Waals surface area contributed by atoms with Crippen molar-refractivity contribution in [2.24, 2.45) is 5.73 Å². The molecular formula is C31H43N9O6. The van der Waals surface area contributed by atoms with Gasteiger partial charge < -0.3 is 40.0 Å². The van der Waals surface area contributed by atoms with Gasteiger partial charge in [0.15, 0.2) is 28.5 Å². The van der Waals surface area contributed by atoms with Gasteiger partial charge in [0.25, 0.3) is 5.69 Å². The number of imidazole rings is 1. The molecule has 248 valence electrons. The maximum atomic E-state index is 13.0. The van der Waals surface area contributed by atoms with Gasteiger partial charge in [0.05, 0.1) is 37.1 Å². The zero-order valence-corrected chi connectivity index (χ0v) is 26.4. The van der Waals surface area contributed by atoms with Crippen molar-refractivity contribution in [3.05, 3.63) is 34.1 Å². The molecule has 15 nitrogen and oxygen atoms in total. The number of piperidine rings is 1. The number of methoxy groups -OCH3 is 2. The number of fused-ring (bicyclic) bond motifs is 1. The molecule has 6 rings (SSSR count). The highest BCUT2D eigenvalue weighted by Crippen LogP contribution is 2.36. The number of carbonyl (C=O) groups is 1. The minimum atomic E-state index is -0.533. The first-order valence-electron chi connectivity index (χ1n) is 16.2. The number of carbonyl (C=O) groups excluding carboxylic acids is 1. The summed E-state index contributed by atoms with van der Waals surface area (Å²) in [5.41, 5.74) is 7.73. The van der Waals surface area contributed by atoms with Gasteiger partial charge in [0, 0.05) is 37.3 Å². The molecular weight excluding hydrogens is 594 g/mol. The van der Waals surface area contributed by atoms with Crippen LogP contribution in [0, 0.1) is 10.1 Å². The van der Waals surface area contributed by atoms with Crippen molar-refractivity contribution in [3.63, 3.8) is 0 Å². The number of rotatable bonds is 10. The number of aromatic nitrogens is 4. The van der Waals surface area contributed by atoms with Crippen LogP contribution < -0.4 is 25.8 Å². The zero-order valence-electron chi connectivity index (χ0n) is 26.4. The Morgan fingerprint density at radius 3 is 2.33 bits per heavy atom. The number of nitrogens with zero attached hydrogens (tertiary/aromatic N) is 6. The number of amides is 1. The van der Waals surface area contributed by atoms with Crippen LogP contribution in [-0.4, -0.2) is 80.9 Å². The average molecular weight is 638 g/mol. The molecule has 0 bridgehead atoms. The average Bonchev–Trinajstić information content (AvgIpc) is 3.75. The second-order valence-electron chi connectivity index (χ2n) is 12.5. The third-order valence-corrected chi connectivity index (χ3v) is 9.47. The monoisotopic (exact) mass is 637 g/mol. The van der Waals surface area contributed by atoms with E-state index in [-0.39, 0.29) is 41.7 Å². The van der Waals surface area contributed by atoms with Gasteiger partial charge in [0.1, 0.15) is 6.61 Å². The highest BCUT2D eigenvalue weighted by molar-refractivity contribution is 5.84. The normalized spacial score (nSPS) is 20.9. The molecule has 0 unspecified atom stereocenters. The van der Waals surface area contributed by atoms with Gasteiger partial charge in [0.2, 0.25) is 5.95 Å². The van der Waals surface area contributed by atoms with Crippen molar-refractivity contribution in [1.29, 1.82) is 0 Å². The summed E-state index contributed by atoms with van der Waals surface area (Å²) in [5.74, 6) is 1.84. The first-order valence-corrected chi connectivity index (χ1v) is 16.2. The Labute approximate surface area is 267 Å². The quantitative estimate of drug-likeness (QED) is 0.205. The number of nitro groups is 1. The summed E-state index contributed by atoms with van der Waals surface area (Å²) in [6.45, 7) is 0.657. The summed E-state index contributed by atoms with van der Waals surface area (Å²) < 4.78 is 18.2. The first kappa shape index (κ1) is 31.6. The zero-order chi connectivity index (χ0) is 32.2. The first-order chi connectivity index (χ1) is 22.3. The van der Waals surface area contributed by atoms with Gasteiger partial charge in [-0.15, -0.1) is 0 Å². The number of likely N-dealkylation sites (tertiary alicyclic amines) is 1. The molecule has 46 heavy (non-hydrogen) atoms. The molecule has 0 radical (unpaired) electrons. The highest BCUT2D eigenvalue weighted by atomic mass is 16.6. The van der Waals surface area contributed by atoms with E-state index >= 15 is 0 Å². The van der Waals surface area contributed by atoms with E-state index in [2.05, 4.69) is 15.2 Å². The van der Waals surface area contributed by atoms with Crippen LogP contribution in [0.4, 0.5) is 22.2 Å². The summed E-state index contributed by atoms with van der Waals surface area (Å²) in [7, 11) is 2.84. The Kier molecular flexibility index (Phi) is 9.56. The second-order valence-corrected chi connectivity index (χ2v) is 12.5. The van der Waals surface area contributed by atoms with E-state index < -0.39 is 11.0 Å². The molecule has 1 saturated heterocycles. The van der Waals surface area contributed by atoms with Crippen LogP contribution >= 0.6 is 0 Å². The summed E-state index contributed by atoms with van der Waals surface area (Å²) in [6.07, 6.45) is 11.3. The molecule has 4 N–H and O–H groups in total. The van der Waals surface area contributed by atoms with Crippen LogP contribution in [0.25, 0.3) is 11.2 Å². The van der Waals surface area contributed by atoms with E-state index in [1.807, 2.05) is 6.33 Å². The molecule has 1 aliphatic heterocycles. The summed E-state index contributed by atoms with van der Waals surface area (Å²) in [6, 6.07) is 3.72. The fraction of sp³-hybridized carbons (Fsp3) is 0.613. The van der Waals surface area contributed by atoms with Crippen LogP contribution in [-0.2, 0) is 11.3 Å².